The second-order valence-electron chi connectivity index (χ2n) is 4.50. The number of benzene rings is 1. The van der Waals surface area contributed by atoms with E-state index in [0.29, 0.717) is 0 Å². The highest BCUT2D eigenvalue weighted by molar-refractivity contribution is 5.89. The number of rotatable bonds is 4. The normalized spacial score (nSPS) is 13.2. The third-order valence-corrected chi connectivity index (χ3v) is 2.49. The van der Waals surface area contributed by atoms with Gasteiger partial charge in [-0.15, -0.1) is 0 Å². The van der Waals surface area contributed by atoms with Crippen LogP contribution in [0.3, 0.4) is 0 Å². The molecule has 0 aromatic heterocycles. The van der Waals surface area contributed by atoms with Gasteiger partial charge in [-0.25, -0.2) is 4.79 Å². The SMILES string of the molecule is C=C(C(=O)OC(C)C)C(O)c1ccc(C(F)(F)F)cc1. The molecule has 0 heterocycles. The summed E-state index contributed by atoms with van der Waals surface area (Å²) in [4.78, 5) is 11.5. The van der Waals surface area contributed by atoms with Crippen molar-refractivity contribution in [2.24, 2.45) is 0 Å². The zero-order valence-corrected chi connectivity index (χ0v) is 11.1. The zero-order valence-electron chi connectivity index (χ0n) is 11.1. The van der Waals surface area contributed by atoms with Crippen LogP contribution in [0.2, 0.25) is 0 Å². The maximum absolute atomic E-state index is 12.4. The van der Waals surface area contributed by atoms with E-state index in [4.69, 9.17) is 4.74 Å². The van der Waals surface area contributed by atoms with Gasteiger partial charge in [-0.1, -0.05) is 18.7 Å². The van der Waals surface area contributed by atoms with Gasteiger partial charge >= 0.3 is 12.1 Å². The number of carbonyl (C=O) groups excluding carboxylic acids is 1. The molecular weight excluding hydrogens is 273 g/mol. The molecule has 0 bridgehead atoms. The minimum absolute atomic E-state index is 0.142. The van der Waals surface area contributed by atoms with E-state index in [9.17, 15) is 23.1 Å². The molecule has 0 radical (unpaired) electrons. The quantitative estimate of drug-likeness (QED) is 0.683. The standard InChI is InChI=1S/C14H15F3O3/c1-8(2)20-13(19)9(3)12(18)10-4-6-11(7-5-10)14(15,16)17/h4-8,12,18H,3H2,1-2H3. The molecule has 6 heteroatoms. The van der Waals surface area contributed by atoms with Gasteiger partial charge in [-0.3, -0.25) is 0 Å². The molecule has 0 aliphatic carbocycles. The molecule has 1 N–H and O–H groups in total. The Morgan fingerprint density at radius 1 is 1.25 bits per heavy atom. The minimum Gasteiger partial charge on any atom is -0.460 e. The number of alkyl halides is 3. The highest BCUT2D eigenvalue weighted by atomic mass is 19.4. The summed E-state index contributed by atoms with van der Waals surface area (Å²) in [5.41, 5.74) is -0.911. The highest BCUT2D eigenvalue weighted by Crippen LogP contribution is 2.30. The molecule has 1 unspecified atom stereocenters. The van der Waals surface area contributed by atoms with Crippen molar-refractivity contribution in [3.05, 3.63) is 47.5 Å². The first-order chi connectivity index (χ1) is 9.12. The lowest BCUT2D eigenvalue weighted by atomic mass is 10.0. The second-order valence-corrected chi connectivity index (χ2v) is 4.50. The maximum Gasteiger partial charge on any atom is 0.416 e. The molecule has 0 amide bonds. The number of halogens is 3. The summed E-state index contributed by atoms with van der Waals surface area (Å²) in [5.74, 6) is -0.785. The van der Waals surface area contributed by atoms with E-state index in [0.717, 1.165) is 24.3 Å². The Hall–Kier alpha value is -1.82. The molecule has 1 aromatic rings. The van der Waals surface area contributed by atoms with Gasteiger partial charge in [0, 0.05) is 0 Å². The van der Waals surface area contributed by atoms with Gasteiger partial charge in [-0.05, 0) is 31.5 Å². The van der Waals surface area contributed by atoms with Crippen molar-refractivity contribution in [3.8, 4) is 0 Å². The van der Waals surface area contributed by atoms with Crippen LogP contribution in [0.15, 0.2) is 36.4 Å². The van der Waals surface area contributed by atoms with E-state index >= 15 is 0 Å². The molecule has 3 nitrogen and oxygen atoms in total. The Balaban J connectivity index is 2.85. The van der Waals surface area contributed by atoms with E-state index in [1.54, 1.807) is 13.8 Å². The lowest BCUT2D eigenvalue weighted by Gasteiger charge is -2.16. The third-order valence-electron chi connectivity index (χ3n) is 2.49. The van der Waals surface area contributed by atoms with Crippen molar-refractivity contribution < 1.29 is 27.8 Å². The summed E-state index contributed by atoms with van der Waals surface area (Å²) in [7, 11) is 0. The molecular formula is C14H15F3O3. The molecule has 0 aliphatic rings. The lowest BCUT2D eigenvalue weighted by Crippen LogP contribution is -2.17. The second kappa shape index (κ2) is 6.09. The van der Waals surface area contributed by atoms with E-state index < -0.39 is 23.8 Å². The summed E-state index contributed by atoms with van der Waals surface area (Å²) >= 11 is 0. The molecule has 0 fully saturated rings. The number of aliphatic hydroxyl groups is 1. The number of esters is 1. The average Bonchev–Trinajstić information content (AvgIpc) is 2.35. The lowest BCUT2D eigenvalue weighted by molar-refractivity contribution is -0.144. The van der Waals surface area contributed by atoms with Gasteiger partial charge < -0.3 is 9.84 Å². The number of hydrogen-bond donors (Lipinski definition) is 1. The fourth-order valence-electron chi connectivity index (χ4n) is 1.46. The third kappa shape index (κ3) is 4.09. The first kappa shape index (κ1) is 16.2. The molecule has 0 saturated carbocycles. The van der Waals surface area contributed by atoms with Crippen LogP contribution in [0, 0.1) is 0 Å². The van der Waals surface area contributed by atoms with Crippen LogP contribution in [0.4, 0.5) is 13.2 Å². The van der Waals surface area contributed by atoms with Crippen LogP contribution in [-0.2, 0) is 15.7 Å². The fraction of sp³-hybridized carbons (Fsp3) is 0.357. The Bertz CT molecular complexity index is 489. The largest absolute Gasteiger partial charge is 0.460 e. The van der Waals surface area contributed by atoms with E-state index in [-0.39, 0.29) is 17.2 Å². The maximum atomic E-state index is 12.4. The molecule has 20 heavy (non-hydrogen) atoms. The van der Waals surface area contributed by atoms with Gasteiger partial charge in [0.2, 0.25) is 0 Å². The summed E-state index contributed by atoms with van der Waals surface area (Å²) in [6.45, 7) is 6.68. The van der Waals surface area contributed by atoms with Crippen LogP contribution >= 0.6 is 0 Å². The van der Waals surface area contributed by atoms with Gasteiger partial charge in [0.25, 0.3) is 0 Å². The molecule has 1 aromatic carbocycles. The van der Waals surface area contributed by atoms with Crippen molar-refractivity contribution in [2.75, 3.05) is 0 Å². The topological polar surface area (TPSA) is 46.5 Å². The molecule has 1 atom stereocenters. The predicted octanol–water partition coefficient (Wildman–Crippen LogP) is 3.25. The Morgan fingerprint density at radius 3 is 2.15 bits per heavy atom. The van der Waals surface area contributed by atoms with Crippen molar-refractivity contribution in [1.29, 1.82) is 0 Å². The van der Waals surface area contributed by atoms with Crippen LogP contribution in [0.5, 0.6) is 0 Å². The number of ether oxygens (including phenoxy) is 1. The molecule has 0 saturated heterocycles. The van der Waals surface area contributed by atoms with Crippen molar-refractivity contribution in [3.63, 3.8) is 0 Å². The molecule has 0 spiro atoms. The number of carbonyl (C=O) groups is 1. The van der Waals surface area contributed by atoms with E-state index in [1.807, 2.05) is 0 Å². The Labute approximate surface area is 114 Å². The highest BCUT2D eigenvalue weighted by Gasteiger charge is 2.30. The van der Waals surface area contributed by atoms with Gasteiger partial charge in [0.1, 0.15) is 6.10 Å². The monoisotopic (exact) mass is 288 g/mol. The van der Waals surface area contributed by atoms with E-state index in [2.05, 4.69) is 6.58 Å². The van der Waals surface area contributed by atoms with Crippen molar-refractivity contribution in [2.45, 2.75) is 32.2 Å². The summed E-state index contributed by atoms with van der Waals surface area (Å²) in [5, 5.41) is 9.88. The zero-order chi connectivity index (χ0) is 15.5. The molecule has 0 aliphatic heterocycles. The van der Waals surface area contributed by atoms with Gasteiger partial charge in [0.05, 0.1) is 17.2 Å². The first-order valence-electron chi connectivity index (χ1n) is 5.88. The minimum atomic E-state index is -4.45. The van der Waals surface area contributed by atoms with Gasteiger partial charge in [-0.2, -0.15) is 13.2 Å². The first-order valence-corrected chi connectivity index (χ1v) is 5.88. The summed E-state index contributed by atoms with van der Waals surface area (Å²) in [6, 6.07) is 3.86. The van der Waals surface area contributed by atoms with Crippen LogP contribution in [0.25, 0.3) is 0 Å². The van der Waals surface area contributed by atoms with Crippen LogP contribution in [0.1, 0.15) is 31.1 Å². The van der Waals surface area contributed by atoms with Crippen LogP contribution < -0.4 is 0 Å². The number of hydrogen-bond acceptors (Lipinski definition) is 3. The smallest absolute Gasteiger partial charge is 0.416 e. The Kier molecular flexibility index (Phi) is 4.94. The molecule has 110 valence electrons. The Morgan fingerprint density at radius 2 is 1.75 bits per heavy atom. The summed E-state index contributed by atoms with van der Waals surface area (Å²) < 4.78 is 42.0. The predicted molar refractivity (Wildman–Crippen MR) is 66.8 cm³/mol. The van der Waals surface area contributed by atoms with Crippen LogP contribution in [-0.4, -0.2) is 17.2 Å². The van der Waals surface area contributed by atoms with Crippen molar-refractivity contribution >= 4 is 5.97 Å². The van der Waals surface area contributed by atoms with E-state index in [1.165, 1.54) is 0 Å². The fourth-order valence-corrected chi connectivity index (χ4v) is 1.46. The van der Waals surface area contributed by atoms with Gasteiger partial charge in [0.15, 0.2) is 0 Å². The number of aliphatic hydroxyl groups excluding tert-OH is 1. The van der Waals surface area contributed by atoms with Crippen molar-refractivity contribution in [1.82, 2.24) is 0 Å². The molecule has 1 rings (SSSR count). The summed E-state index contributed by atoms with van der Waals surface area (Å²) in [6.07, 6.45) is -6.22. The average molecular weight is 288 g/mol.